The lowest BCUT2D eigenvalue weighted by Gasteiger charge is -2.10. The van der Waals surface area contributed by atoms with E-state index < -0.39 is 12.0 Å². The topological polar surface area (TPSA) is 94.0 Å². The average molecular weight is 264 g/mol. The Bertz CT molecular complexity index is 567. The lowest BCUT2D eigenvalue weighted by atomic mass is 10.1. The van der Waals surface area contributed by atoms with Crippen LogP contribution in [0.2, 0.25) is 0 Å². The van der Waals surface area contributed by atoms with Gasteiger partial charge in [-0.15, -0.1) is 5.10 Å². The molecule has 1 aromatic carbocycles. The van der Waals surface area contributed by atoms with Gasteiger partial charge in [0.2, 0.25) is 0 Å². The Hall–Kier alpha value is -2.28. The molecule has 1 amide bonds. The van der Waals surface area contributed by atoms with Gasteiger partial charge in [-0.05, 0) is 17.7 Å². The first-order valence-electron chi connectivity index (χ1n) is 5.67. The van der Waals surface area contributed by atoms with Gasteiger partial charge in [0.05, 0.1) is 18.8 Å². The molecule has 6 nitrogen and oxygen atoms in total. The van der Waals surface area contributed by atoms with Crippen LogP contribution in [0.1, 0.15) is 16.1 Å². The molecule has 100 valence electrons. The van der Waals surface area contributed by atoms with E-state index in [-0.39, 0.29) is 18.1 Å². The normalized spacial score (nSPS) is 12.3. The number of nitrogens with two attached hydrogens (primary N) is 1. The summed E-state index contributed by atoms with van der Waals surface area (Å²) in [6.45, 7) is 0.178. The summed E-state index contributed by atoms with van der Waals surface area (Å²) >= 11 is 0. The molecule has 1 aromatic heterocycles. The second-order valence-corrected chi connectivity index (χ2v) is 4.17. The number of primary amides is 1. The largest absolute Gasteiger partial charge is 0.391 e. The van der Waals surface area contributed by atoms with Crippen molar-refractivity contribution in [2.24, 2.45) is 5.73 Å². The van der Waals surface area contributed by atoms with E-state index >= 15 is 0 Å². The number of halogens is 1. The number of aliphatic hydroxyl groups excluding tert-OH is 1. The molecule has 1 atom stereocenters. The van der Waals surface area contributed by atoms with Crippen LogP contribution in [-0.4, -0.2) is 32.1 Å². The molecule has 1 unspecified atom stereocenters. The highest BCUT2D eigenvalue weighted by Crippen LogP contribution is 2.07. The predicted octanol–water partition coefficient (Wildman–Crippen LogP) is 0.120. The molecule has 0 fully saturated rings. The van der Waals surface area contributed by atoms with Crippen molar-refractivity contribution < 1.29 is 14.3 Å². The zero-order chi connectivity index (χ0) is 13.8. The number of aromatic nitrogens is 3. The second-order valence-electron chi connectivity index (χ2n) is 4.17. The van der Waals surface area contributed by atoms with Gasteiger partial charge in [-0.25, -0.2) is 9.07 Å². The highest BCUT2D eigenvalue weighted by atomic mass is 19.1. The first kappa shape index (κ1) is 13.2. The molecule has 0 aliphatic heterocycles. The highest BCUT2D eigenvalue weighted by molar-refractivity contribution is 5.90. The van der Waals surface area contributed by atoms with Crippen molar-refractivity contribution in [3.8, 4) is 0 Å². The van der Waals surface area contributed by atoms with Gasteiger partial charge < -0.3 is 10.8 Å². The van der Waals surface area contributed by atoms with E-state index in [4.69, 9.17) is 5.73 Å². The van der Waals surface area contributed by atoms with E-state index in [0.29, 0.717) is 6.42 Å². The van der Waals surface area contributed by atoms with Crippen LogP contribution in [0.5, 0.6) is 0 Å². The molecule has 3 N–H and O–H groups in total. The Kier molecular flexibility index (Phi) is 3.86. The van der Waals surface area contributed by atoms with Gasteiger partial charge in [0.25, 0.3) is 5.91 Å². The summed E-state index contributed by atoms with van der Waals surface area (Å²) in [6.07, 6.45) is 1.01. The number of carbonyl (C=O) groups excluding carboxylic acids is 1. The van der Waals surface area contributed by atoms with Crippen LogP contribution < -0.4 is 5.73 Å². The van der Waals surface area contributed by atoms with Crippen molar-refractivity contribution in [1.29, 1.82) is 0 Å². The smallest absolute Gasteiger partial charge is 0.270 e. The average Bonchev–Trinajstić information content (AvgIpc) is 2.80. The molecule has 2 aromatic rings. The number of hydrogen-bond acceptors (Lipinski definition) is 4. The third-order valence-corrected chi connectivity index (χ3v) is 2.57. The summed E-state index contributed by atoms with van der Waals surface area (Å²) in [7, 11) is 0. The van der Waals surface area contributed by atoms with E-state index in [1.54, 1.807) is 12.1 Å². The molecule has 0 saturated heterocycles. The van der Waals surface area contributed by atoms with Gasteiger partial charge in [-0.2, -0.15) is 0 Å². The summed E-state index contributed by atoms with van der Waals surface area (Å²) in [6, 6.07) is 5.88. The van der Waals surface area contributed by atoms with Gasteiger partial charge in [-0.1, -0.05) is 17.3 Å². The maximum Gasteiger partial charge on any atom is 0.270 e. The number of hydrogen-bond donors (Lipinski definition) is 2. The summed E-state index contributed by atoms with van der Waals surface area (Å²) < 4.78 is 14.1. The van der Waals surface area contributed by atoms with E-state index in [2.05, 4.69) is 10.3 Å². The predicted molar refractivity (Wildman–Crippen MR) is 64.7 cm³/mol. The van der Waals surface area contributed by atoms with Crippen LogP contribution in [0.25, 0.3) is 0 Å². The highest BCUT2D eigenvalue weighted by Gasteiger charge is 2.11. The van der Waals surface area contributed by atoms with Crippen LogP contribution in [-0.2, 0) is 13.0 Å². The molecular formula is C12H13FN4O2. The first-order chi connectivity index (χ1) is 9.04. The Balaban J connectivity index is 1.94. The van der Waals surface area contributed by atoms with Crippen molar-refractivity contribution in [1.82, 2.24) is 15.0 Å². The van der Waals surface area contributed by atoms with Crippen LogP contribution in [0.4, 0.5) is 4.39 Å². The molecule has 7 heteroatoms. The molecule has 0 bridgehead atoms. The first-order valence-corrected chi connectivity index (χ1v) is 5.67. The van der Waals surface area contributed by atoms with Gasteiger partial charge in [-0.3, -0.25) is 4.79 Å². The van der Waals surface area contributed by atoms with Crippen LogP contribution in [0, 0.1) is 5.82 Å². The fourth-order valence-corrected chi connectivity index (χ4v) is 1.67. The SMILES string of the molecule is NC(=O)c1cn(CC(O)Cc2ccc(F)cc2)nn1. The Morgan fingerprint density at radius 2 is 2.11 bits per heavy atom. The van der Waals surface area contributed by atoms with Crippen molar-refractivity contribution in [2.45, 2.75) is 19.1 Å². The second kappa shape index (κ2) is 5.57. The fourth-order valence-electron chi connectivity index (χ4n) is 1.67. The molecule has 2 rings (SSSR count). The molecule has 0 spiro atoms. The summed E-state index contributed by atoms with van der Waals surface area (Å²) in [5.74, 6) is -0.986. The molecule has 0 aliphatic rings. The Labute approximate surface area is 108 Å². The van der Waals surface area contributed by atoms with Crippen molar-refractivity contribution in [2.75, 3.05) is 0 Å². The minimum absolute atomic E-state index is 0.0500. The van der Waals surface area contributed by atoms with Gasteiger partial charge in [0.15, 0.2) is 5.69 Å². The summed E-state index contributed by atoms with van der Waals surface area (Å²) in [5.41, 5.74) is 5.90. The minimum atomic E-state index is -0.715. The van der Waals surface area contributed by atoms with Gasteiger partial charge in [0, 0.05) is 6.42 Å². The maximum absolute atomic E-state index is 12.7. The third kappa shape index (κ3) is 3.59. The Morgan fingerprint density at radius 3 is 2.68 bits per heavy atom. The summed E-state index contributed by atoms with van der Waals surface area (Å²) in [5, 5.41) is 17.1. The molecular weight excluding hydrogens is 251 g/mol. The third-order valence-electron chi connectivity index (χ3n) is 2.57. The van der Waals surface area contributed by atoms with Crippen molar-refractivity contribution in [3.63, 3.8) is 0 Å². The fraction of sp³-hybridized carbons (Fsp3) is 0.250. The van der Waals surface area contributed by atoms with E-state index in [0.717, 1.165) is 5.56 Å². The van der Waals surface area contributed by atoms with Gasteiger partial charge >= 0.3 is 0 Å². The number of aliphatic hydroxyl groups is 1. The molecule has 1 heterocycles. The number of nitrogens with zero attached hydrogens (tertiary/aromatic N) is 3. The van der Waals surface area contributed by atoms with Crippen molar-refractivity contribution >= 4 is 5.91 Å². The van der Waals surface area contributed by atoms with E-state index in [1.165, 1.54) is 23.0 Å². The number of amides is 1. The number of carbonyl (C=O) groups is 1. The van der Waals surface area contributed by atoms with Gasteiger partial charge in [0.1, 0.15) is 5.82 Å². The maximum atomic E-state index is 12.7. The van der Waals surface area contributed by atoms with Crippen LogP contribution in [0.15, 0.2) is 30.5 Å². The zero-order valence-electron chi connectivity index (χ0n) is 10.0. The molecule has 19 heavy (non-hydrogen) atoms. The standard InChI is InChI=1S/C12H13FN4O2/c13-9-3-1-8(2-4-9)5-10(18)6-17-7-11(12(14)19)15-16-17/h1-4,7,10,18H,5-6H2,(H2,14,19). The summed E-state index contributed by atoms with van der Waals surface area (Å²) in [4.78, 5) is 10.8. The van der Waals surface area contributed by atoms with E-state index in [1.807, 2.05) is 0 Å². The monoisotopic (exact) mass is 264 g/mol. The Morgan fingerprint density at radius 1 is 1.42 bits per heavy atom. The van der Waals surface area contributed by atoms with Crippen molar-refractivity contribution in [3.05, 3.63) is 47.5 Å². The molecule has 0 saturated carbocycles. The molecule has 0 radical (unpaired) electrons. The van der Waals surface area contributed by atoms with E-state index in [9.17, 15) is 14.3 Å². The lowest BCUT2D eigenvalue weighted by molar-refractivity contribution is 0.0995. The quantitative estimate of drug-likeness (QED) is 0.802. The van der Waals surface area contributed by atoms with Crippen LogP contribution >= 0.6 is 0 Å². The van der Waals surface area contributed by atoms with Crippen LogP contribution in [0.3, 0.4) is 0 Å². The number of rotatable bonds is 5. The number of benzene rings is 1. The zero-order valence-corrected chi connectivity index (χ0v) is 10.0. The molecule has 0 aliphatic carbocycles. The minimum Gasteiger partial charge on any atom is -0.391 e. The lowest BCUT2D eigenvalue weighted by Crippen LogP contribution is -2.19.